The Morgan fingerprint density at radius 2 is 2.38 bits per heavy atom. The molecule has 0 spiro atoms. The van der Waals surface area contributed by atoms with E-state index in [2.05, 4.69) is 21.4 Å². The zero-order chi connectivity index (χ0) is 8.67. The van der Waals surface area contributed by atoms with Crippen molar-refractivity contribution in [3.8, 4) is 0 Å². The molecule has 2 aliphatic heterocycles. The quantitative estimate of drug-likeness (QED) is 0.609. The molecule has 0 radical (unpaired) electrons. The first-order chi connectivity index (χ1) is 6.45. The van der Waals surface area contributed by atoms with E-state index < -0.39 is 0 Å². The van der Waals surface area contributed by atoms with Crippen LogP contribution in [-0.2, 0) is 0 Å². The normalized spacial score (nSPS) is 16.6. The predicted octanol–water partition coefficient (Wildman–Crippen LogP) is 0.282. The number of nitrogens with zero attached hydrogens (tertiary/aromatic N) is 2. The van der Waals surface area contributed by atoms with E-state index in [1.807, 2.05) is 12.3 Å². The van der Waals surface area contributed by atoms with Crippen molar-refractivity contribution in [3.63, 3.8) is 0 Å². The number of pyridine rings is 1. The molecule has 1 N–H and O–H groups in total. The fourth-order valence-electron chi connectivity index (χ4n) is 1.75. The molecule has 0 atom stereocenters. The molecule has 0 saturated carbocycles. The SMILES string of the molecule is C1=Cc2c3c(cnc2=N1)=CCCN3. The summed E-state index contributed by atoms with van der Waals surface area (Å²) in [4.78, 5) is 8.43. The van der Waals surface area contributed by atoms with Gasteiger partial charge < -0.3 is 5.32 Å². The predicted molar refractivity (Wildman–Crippen MR) is 51.6 cm³/mol. The third-order valence-electron chi connectivity index (χ3n) is 2.37. The molecule has 3 heterocycles. The van der Waals surface area contributed by atoms with Crippen molar-refractivity contribution in [2.75, 3.05) is 11.9 Å². The van der Waals surface area contributed by atoms with Crippen LogP contribution in [0.3, 0.4) is 0 Å². The molecule has 0 amide bonds. The zero-order valence-electron chi connectivity index (χ0n) is 7.12. The Hall–Kier alpha value is -1.64. The van der Waals surface area contributed by atoms with Crippen LogP contribution in [0, 0.1) is 0 Å². The maximum atomic E-state index is 4.27. The van der Waals surface area contributed by atoms with E-state index in [9.17, 15) is 0 Å². The Kier molecular flexibility index (Phi) is 1.27. The third-order valence-corrected chi connectivity index (χ3v) is 2.37. The Morgan fingerprint density at radius 1 is 1.38 bits per heavy atom. The lowest BCUT2D eigenvalue weighted by Gasteiger charge is -2.12. The van der Waals surface area contributed by atoms with Gasteiger partial charge in [-0.25, -0.2) is 9.98 Å². The van der Waals surface area contributed by atoms with Gasteiger partial charge in [-0.2, -0.15) is 0 Å². The molecule has 3 heteroatoms. The van der Waals surface area contributed by atoms with Gasteiger partial charge in [0.05, 0.1) is 5.69 Å². The Morgan fingerprint density at radius 3 is 3.38 bits per heavy atom. The highest BCUT2D eigenvalue weighted by atomic mass is 14.9. The molecule has 3 nitrogen and oxygen atoms in total. The van der Waals surface area contributed by atoms with Gasteiger partial charge in [0.15, 0.2) is 5.49 Å². The molecule has 13 heavy (non-hydrogen) atoms. The first kappa shape index (κ1) is 6.83. The molecular formula is C10H9N3. The molecule has 0 aromatic carbocycles. The van der Waals surface area contributed by atoms with Crippen LogP contribution in [0.1, 0.15) is 12.0 Å². The Labute approximate surface area is 75.5 Å². The van der Waals surface area contributed by atoms with Crippen molar-refractivity contribution >= 4 is 17.8 Å². The molecule has 2 aliphatic rings. The standard InChI is InChI=1S/C10H9N3/c1-2-7-6-13-10-8(3-5-12-10)9(7)11-4-1/h2-3,5-6,11H,1,4H2. The van der Waals surface area contributed by atoms with Gasteiger partial charge in [-0.3, -0.25) is 0 Å². The Bertz CT molecular complexity index is 500. The fourth-order valence-corrected chi connectivity index (χ4v) is 1.75. The molecule has 0 fully saturated rings. The maximum absolute atomic E-state index is 4.27. The highest BCUT2D eigenvalue weighted by molar-refractivity contribution is 5.69. The minimum Gasteiger partial charge on any atom is -0.384 e. The molecular weight excluding hydrogens is 162 g/mol. The molecule has 1 aromatic rings. The monoisotopic (exact) mass is 171 g/mol. The van der Waals surface area contributed by atoms with Crippen molar-refractivity contribution < 1.29 is 0 Å². The second-order valence-corrected chi connectivity index (χ2v) is 3.19. The summed E-state index contributed by atoms with van der Waals surface area (Å²) >= 11 is 0. The molecule has 0 saturated heterocycles. The summed E-state index contributed by atoms with van der Waals surface area (Å²) in [6, 6.07) is 0. The highest BCUT2D eigenvalue weighted by Crippen LogP contribution is 2.12. The van der Waals surface area contributed by atoms with Gasteiger partial charge in [0, 0.05) is 29.7 Å². The summed E-state index contributed by atoms with van der Waals surface area (Å²) in [6.45, 7) is 1.01. The summed E-state index contributed by atoms with van der Waals surface area (Å²) in [5.41, 5.74) is 3.16. The molecule has 0 bridgehead atoms. The number of aromatic nitrogens is 1. The number of hydrogen-bond acceptors (Lipinski definition) is 3. The number of anilines is 1. The topological polar surface area (TPSA) is 37.3 Å². The molecule has 0 unspecified atom stereocenters. The van der Waals surface area contributed by atoms with Crippen molar-refractivity contribution in [1.82, 2.24) is 4.98 Å². The number of hydrogen-bond donors (Lipinski definition) is 1. The van der Waals surface area contributed by atoms with E-state index in [4.69, 9.17) is 0 Å². The second kappa shape index (κ2) is 2.42. The minimum atomic E-state index is 0.835. The minimum absolute atomic E-state index is 0.835. The van der Waals surface area contributed by atoms with E-state index in [1.165, 1.54) is 10.9 Å². The maximum Gasteiger partial charge on any atom is 0.161 e. The van der Waals surface area contributed by atoms with E-state index >= 15 is 0 Å². The van der Waals surface area contributed by atoms with Crippen LogP contribution in [0.2, 0.25) is 0 Å². The van der Waals surface area contributed by atoms with Gasteiger partial charge >= 0.3 is 0 Å². The highest BCUT2D eigenvalue weighted by Gasteiger charge is 2.09. The summed E-state index contributed by atoms with van der Waals surface area (Å²) < 4.78 is 0. The van der Waals surface area contributed by atoms with Gasteiger partial charge in [-0.15, -0.1) is 0 Å². The lowest BCUT2D eigenvalue weighted by molar-refractivity contribution is 1.05. The Balaban J connectivity index is 2.43. The van der Waals surface area contributed by atoms with Gasteiger partial charge in [0.1, 0.15) is 0 Å². The lowest BCUT2D eigenvalue weighted by Crippen LogP contribution is -2.25. The zero-order valence-corrected chi connectivity index (χ0v) is 7.12. The van der Waals surface area contributed by atoms with E-state index in [0.29, 0.717) is 0 Å². The van der Waals surface area contributed by atoms with Gasteiger partial charge in [0.2, 0.25) is 0 Å². The van der Waals surface area contributed by atoms with Crippen LogP contribution in [0.5, 0.6) is 0 Å². The van der Waals surface area contributed by atoms with Crippen molar-refractivity contribution in [2.45, 2.75) is 6.42 Å². The van der Waals surface area contributed by atoms with E-state index in [0.717, 1.165) is 24.0 Å². The fraction of sp³-hybridized carbons (Fsp3) is 0.200. The van der Waals surface area contributed by atoms with Crippen LogP contribution >= 0.6 is 0 Å². The number of fused-ring (bicyclic) bond motifs is 3. The van der Waals surface area contributed by atoms with Crippen LogP contribution < -0.4 is 16.0 Å². The third kappa shape index (κ3) is 0.900. The number of nitrogens with one attached hydrogen (secondary N) is 1. The van der Waals surface area contributed by atoms with E-state index in [1.54, 1.807) is 6.20 Å². The van der Waals surface area contributed by atoms with Crippen LogP contribution in [0.15, 0.2) is 17.4 Å². The summed E-state index contributed by atoms with van der Waals surface area (Å²) in [7, 11) is 0. The summed E-state index contributed by atoms with van der Waals surface area (Å²) in [5.74, 6) is 0. The average Bonchev–Trinajstić information content (AvgIpc) is 2.65. The largest absolute Gasteiger partial charge is 0.384 e. The van der Waals surface area contributed by atoms with Crippen molar-refractivity contribution in [2.24, 2.45) is 4.99 Å². The summed E-state index contributed by atoms with van der Waals surface area (Å²) in [6.07, 6.45) is 8.98. The van der Waals surface area contributed by atoms with Crippen LogP contribution in [-0.4, -0.2) is 11.5 Å². The van der Waals surface area contributed by atoms with Crippen molar-refractivity contribution in [1.29, 1.82) is 0 Å². The first-order valence-corrected chi connectivity index (χ1v) is 4.42. The molecule has 1 aromatic heterocycles. The van der Waals surface area contributed by atoms with Gasteiger partial charge in [-0.1, -0.05) is 6.08 Å². The van der Waals surface area contributed by atoms with E-state index in [-0.39, 0.29) is 0 Å². The second-order valence-electron chi connectivity index (χ2n) is 3.19. The average molecular weight is 171 g/mol. The van der Waals surface area contributed by atoms with Crippen LogP contribution in [0.4, 0.5) is 5.69 Å². The lowest BCUT2D eigenvalue weighted by atomic mass is 10.1. The van der Waals surface area contributed by atoms with Gasteiger partial charge in [-0.05, 0) is 12.5 Å². The molecule has 0 aliphatic carbocycles. The molecule has 64 valence electrons. The van der Waals surface area contributed by atoms with Gasteiger partial charge in [0.25, 0.3) is 0 Å². The first-order valence-electron chi connectivity index (χ1n) is 4.42. The van der Waals surface area contributed by atoms with Crippen molar-refractivity contribution in [3.05, 3.63) is 28.7 Å². The van der Waals surface area contributed by atoms with Crippen LogP contribution in [0.25, 0.3) is 12.2 Å². The smallest absolute Gasteiger partial charge is 0.161 e. The molecule has 3 rings (SSSR count). The summed E-state index contributed by atoms with van der Waals surface area (Å²) in [5, 5.41) is 4.58. The number of rotatable bonds is 0.